The Bertz CT molecular complexity index is 962. The standard InChI is InChI=1S/C26H31FN2O3/c1-26(18-28,21-7-10-23(31-2)24(17-21)32-3)13-4-14-29-15-11-20(12-16-29)25(30)19-5-8-22(27)9-6-19/h5-10,17,20H,4,11-16H2,1-3H3. The molecule has 1 heterocycles. The molecule has 1 unspecified atom stereocenters. The van der Waals surface area contributed by atoms with Gasteiger partial charge in [-0.1, -0.05) is 6.07 Å². The highest BCUT2D eigenvalue weighted by Crippen LogP contribution is 2.35. The Balaban J connectivity index is 1.51. The highest BCUT2D eigenvalue weighted by Gasteiger charge is 2.29. The molecule has 0 aromatic heterocycles. The van der Waals surface area contributed by atoms with Gasteiger partial charge >= 0.3 is 0 Å². The van der Waals surface area contributed by atoms with E-state index in [2.05, 4.69) is 11.0 Å². The Morgan fingerprint density at radius 2 is 1.78 bits per heavy atom. The molecule has 170 valence electrons. The molecule has 0 N–H and O–H groups in total. The van der Waals surface area contributed by atoms with Crippen molar-refractivity contribution < 1.29 is 18.7 Å². The Morgan fingerprint density at radius 1 is 1.12 bits per heavy atom. The predicted octanol–water partition coefficient (Wildman–Crippen LogP) is 5.00. The number of halogens is 1. The van der Waals surface area contributed by atoms with E-state index in [1.807, 2.05) is 25.1 Å². The van der Waals surface area contributed by atoms with E-state index in [4.69, 9.17) is 9.47 Å². The molecule has 2 aromatic carbocycles. The SMILES string of the molecule is COc1ccc(C(C)(C#N)CCCN2CCC(C(=O)c3ccc(F)cc3)CC2)cc1OC. The fourth-order valence-electron chi connectivity index (χ4n) is 4.37. The monoisotopic (exact) mass is 438 g/mol. The van der Waals surface area contributed by atoms with E-state index in [-0.39, 0.29) is 17.5 Å². The van der Waals surface area contributed by atoms with Crippen molar-refractivity contribution in [2.24, 2.45) is 5.92 Å². The van der Waals surface area contributed by atoms with Gasteiger partial charge in [-0.2, -0.15) is 5.26 Å². The highest BCUT2D eigenvalue weighted by atomic mass is 19.1. The van der Waals surface area contributed by atoms with Crippen molar-refractivity contribution in [1.29, 1.82) is 5.26 Å². The lowest BCUT2D eigenvalue weighted by molar-refractivity contribution is 0.0838. The molecule has 0 saturated carbocycles. The first kappa shape index (κ1) is 23.7. The number of methoxy groups -OCH3 is 2. The van der Waals surface area contributed by atoms with Gasteiger partial charge in [0.2, 0.25) is 0 Å². The van der Waals surface area contributed by atoms with E-state index < -0.39 is 5.41 Å². The van der Waals surface area contributed by atoms with Crippen LogP contribution in [0.4, 0.5) is 4.39 Å². The zero-order valence-electron chi connectivity index (χ0n) is 19.1. The van der Waals surface area contributed by atoms with Crippen LogP contribution in [-0.4, -0.2) is 44.5 Å². The molecule has 0 spiro atoms. The Kier molecular flexibility index (Phi) is 7.87. The molecule has 0 bridgehead atoms. The van der Waals surface area contributed by atoms with Crippen LogP contribution in [-0.2, 0) is 5.41 Å². The van der Waals surface area contributed by atoms with Crippen molar-refractivity contribution in [1.82, 2.24) is 4.90 Å². The number of rotatable bonds is 9. The zero-order chi connectivity index (χ0) is 23.1. The summed E-state index contributed by atoms with van der Waals surface area (Å²) in [5, 5.41) is 9.89. The zero-order valence-corrected chi connectivity index (χ0v) is 19.1. The third kappa shape index (κ3) is 5.46. The van der Waals surface area contributed by atoms with Crippen LogP contribution in [0.3, 0.4) is 0 Å². The van der Waals surface area contributed by atoms with Gasteiger partial charge in [-0.3, -0.25) is 4.79 Å². The first-order valence-electron chi connectivity index (χ1n) is 11.1. The largest absolute Gasteiger partial charge is 0.493 e. The maximum atomic E-state index is 13.1. The Labute approximate surface area is 189 Å². The molecule has 1 fully saturated rings. The summed E-state index contributed by atoms with van der Waals surface area (Å²) < 4.78 is 23.8. The van der Waals surface area contributed by atoms with Gasteiger partial charge in [-0.15, -0.1) is 0 Å². The van der Waals surface area contributed by atoms with E-state index >= 15 is 0 Å². The summed E-state index contributed by atoms with van der Waals surface area (Å²) in [7, 11) is 3.19. The minimum absolute atomic E-state index is 0.00662. The second-order valence-corrected chi connectivity index (χ2v) is 8.60. The van der Waals surface area contributed by atoms with Gasteiger partial charge in [0.15, 0.2) is 17.3 Å². The number of likely N-dealkylation sites (tertiary alicyclic amines) is 1. The second kappa shape index (κ2) is 10.6. The molecule has 2 aromatic rings. The van der Waals surface area contributed by atoms with E-state index in [1.165, 1.54) is 12.1 Å². The molecule has 1 atom stereocenters. The normalized spacial score (nSPS) is 16.7. The van der Waals surface area contributed by atoms with Crippen molar-refractivity contribution >= 4 is 5.78 Å². The van der Waals surface area contributed by atoms with Crippen molar-refractivity contribution in [2.45, 2.75) is 38.0 Å². The van der Waals surface area contributed by atoms with Gasteiger partial charge in [-0.05, 0) is 94.2 Å². The fraction of sp³-hybridized carbons (Fsp3) is 0.462. The molecule has 0 aliphatic carbocycles. The average Bonchev–Trinajstić information content (AvgIpc) is 2.84. The lowest BCUT2D eigenvalue weighted by Crippen LogP contribution is -2.37. The van der Waals surface area contributed by atoms with Gasteiger partial charge in [0, 0.05) is 11.5 Å². The average molecular weight is 439 g/mol. The van der Waals surface area contributed by atoms with Crippen molar-refractivity contribution in [3.63, 3.8) is 0 Å². The van der Waals surface area contributed by atoms with Crippen LogP contribution in [0, 0.1) is 23.1 Å². The second-order valence-electron chi connectivity index (χ2n) is 8.60. The number of hydrogen-bond donors (Lipinski definition) is 0. The van der Waals surface area contributed by atoms with Crippen molar-refractivity contribution in [3.8, 4) is 17.6 Å². The summed E-state index contributed by atoms with van der Waals surface area (Å²) in [5.41, 5.74) is 0.891. The van der Waals surface area contributed by atoms with E-state index in [9.17, 15) is 14.4 Å². The smallest absolute Gasteiger partial charge is 0.166 e. The Morgan fingerprint density at radius 3 is 2.38 bits per heavy atom. The first-order chi connectivity index (χ1) is 15.4. The predicted molar refractivity (Wildman–Crippen MR) is 122 cm³/mol. The summed E-state index contributed by atoms with van der Waals surface area (Å²) in [6, 6.07) is 14.0. The maximum absolute atomic E-state index is 13.1. The summed E-state index contributed by atoms with van der Waals surface area (Å²) in [6.45, 7) is 4.57. The van der Waals surface area contributed by atoms with Crippen LogP contribution in [0.25, 0.3) is 0 Å². The van der Waals surface area contributed by atoms with Crippen LogP contribution in [0.1, 0.15) is 48.5 Å². The minimum atomic E-state index is -0.615. The quantitative estimate of drug-likeness (QED) is 0.516. The molecule has 0 amide bonds. The molecule has 6 heteroatoms. The number of nitrogens with zero attached hydrogens (tertiary/aromatic N) is 2. The summed E-state index contributed by atoms with van der Waals surface area (Å²) in [6.07, 6.45) is 3.23. The number of carbonyl (C=O) groups is 1. The Hall–Kier alpha value is -2.91. The minimum Gasteiger partial charge on any atom is -0.493 e. The van der Waals surface area contributed by atoms with Gasteiger partial charge in [0.25, 0.3) is 0 Å². The lowest BCUT2D eigenvalue weighted by atomic mass is 9.79. The molecule has 32 heavy (non-hydrogen) atoms. The summed E-state index contributed by atoms with van der Waals surface area (Å²) in [4.78, 5) is 15.0. The molecular weight excluding hydrogens is 407 g/mol. The molecule has 5 nitrogen and oxygen atoms in total. The third-order valence-corrected chi connectivity index (χ3v) is 6.51. The lowest BCUT2D eigenvalue weighted by Gasteiger charge is -2.32. The first-order valence-corrected chi connectivity index (χ1v) is 11.1. The number of nitriles is 1. The number of piperidine rings is 1. The van der Waals surface area contributed by atoms with E-state index in [1.54, 1.807) is 26.4 Å². The number of benzene rings is 2. The fourth-order valence-corrected chi connectivity index (χ4v) is 4.37. The van der Waals surface area contributed by atoms with Gasteiger partial charge in [-0.25, -0.2) is 4.39 Å². The number of ether oxygens (including phenoxy) is 2. The molecule has 1 aliphatic heterocycles. The summed E-state index contributed by atoms with van der Waals surface area (Å²) >= 11 is 0. The van der Waals surface area contributed by atoms with Crippen molar-refractivity contribution in [2.75, 3.05) is 33.9 Å². The topological polar surface area (TPSA) is 62.6 Å². The number of carbonyl (C=O) groups excluding carboxylic acids is 1. The molecule has 1 aliphatic rings. The number of hydrogen-bond acceptors (Lipinski definition) is 5. The van der Waals surface area contributed by atoms with Gasteiger partial charge in [0.05, 0.1) is 25.7 Å². The van der Waals surface area contributed by atoms with Crippen LogP contribution in [0.15, 0.2) is 42.5 Å². The highest BCUT2D eigenvalue weighted by molar-refractivity contribution is 5.97. The maximum Gasteiger partial charge on any atom is 0.166 e. The molecule has 1 saturated heterocycles. The van der Waals surface area contributed by atoms with Gasteiger partial charge in [0.1, 0.15) is 5.82 Å². The van der Waals surface area contributed by atoms with Crippen LogP contribution < -0.4 is 9.47 Å². The van der Waals surface area contributed by atoms with E-state index in [0.29, 0.717) is 17.1 Å². The molecule has 3 rings (SSSR count). The van der Waals surface area contributed by atoms with Crippen LogP contribution in [0.2, 0.25) is 0 Å². The van der Waals surface area contributed by atoms with E-state index in [0.717, 1.165) is 50.9 Å². The van der Waals surface area contributed by atoms with Crippen LogP contribution >= 0.6 is 0 Å². The molecule has 0 radical (unpaired) electrons. The number of ketones is 1. The summed E-state index contributed by atoms with van der Waals surface area (Å²) in [5.74, 6) is 1.05. The molecular formula is C26H31FN2O3. The van der Waals surface area contributed by atoms with Crippen LogP contribution in [0.5, 0.6) is 11.5 Å². The number of Topliss-reactive ketones (excluding diaryl/α,β-unsaturated/α-hetero) is 1. The van der Waals surface area contributed by atoms with Gasteiger partial charge < -0.3 is 14.4 Å². The third-order valence-electron chi connectivity index (χ3n) is 6.51. The van der Waals surface area contributed by atoms with Crippen molar-refractivity contribution in [3.05, 3.63) is 59.4 Å².